The van der Waals surface area contributed by atoms with Crippen molar-refractivity contribution in [3.63, 3.8) is 0 Å². The van der Waals surface area contributed by atoms with Crippen molar-refractivity contribution in [1.29, 1.82) is 0 Å². The molecule has 0 spiro atoms. The maximum atomic E-state index is 14.1. The van der Waals surface area contributed by atoms with Gasteiger partial charge in [-0.15, -0.1) is 0 Å². The lowest BCUT2D eigenvalue weighted by Gasteiger charge is -2.37. The number of nitrogens with one attached hydrogen (secondary N) is 2. The van der Waals surface area contributed by atoms with E-state index in [0.29, 0.717) is 59.0 Å². The van der Waals surface area contributed by atoms with E-state index >= 15 is 0 Å². The smallest absolute Gasteiger partial charge is 0.262 e. The molecule has 3 heterocycles. The van der Waals surface area contributed by atoms with Crippen LogP contribution in [0.3, 0.4) is 0 Å². The summed E-state index contributed by atoms with van der Waals surface area (Å²) in [6.07, 6.45) is 6.32. The van der Waals surface area contributed by atoms with E-state index in [0.717, 1.165) is 5.69 Å². The molecule has 254 valence electrons. The molecule has 2 aromatic heterocycles. The van der Waals surface area contributed by atoms with Gasteiger partial charge in [-0.1, -0.05) is 54.6 Å². The molecule has 0 aliphatic carbocycles. The van der Waals surface area contributed by atoms with Gasteiger partial charge in [0.2, 0.25) is 15.9 Å². The van der Waals surface area contributed by atoms with Gasteiger partial charge in [-0.05, 0) is 60.5 Å². The number of pyridine rings is 2. The van der Waals surface area contributed by atoms with Crippen LogP contribution in [0.15, 0.2) is 138 Å². The molecule has 13 heteroatoms. The Morgan fingerprint density at radius 2 is 1.24 bits per heavy atom. The molecule has 1 saturated heterocycles. The van der Waals surface area contributed by atoms with Gasteiger partial charge in [-0.3, -0.25) is 19.5 Å². The second kappa shape index (κ2) is 13.9. The molecule has 50 heavy (non-hydrogen) atoms. The summed E-state index contributed by atoms with van der Waals surface area (Å²) in [4.78, 5) is 26.4. The first-order valence-corrected chi connectivity index (χ1v) is 19.0. The zero-order chi connectivity index (χ0) is 34.7. The highest BCUT2D eigenvalue weighted by Gasteiger charge is 2.32. The average molecular weight is 707 g/mol. The number of anilines is 2. The number of benzene rings is 4. The van der Waals surface area contributed by atoms with Crippen molar-refractivity contribution < 1.29 is 21.6 Å². The second-order valence-electron chi connectivity index (χ2n) is 12.0. The first kappa shape index (κ1) is 33.1. The standard InChI is InChI=1S/C37H34N6O5S2/c44-37(43-22-20-42(21-23-43)31-8-2-1-3-9-31)34(41-50(47,48)36-11-5-7-29-26-39-19-17-33(29)36)24-27-12-14-30(15-13-27)40-49(45,46)35-10-4-6-28-25-38-18-16-32(28)35/h1-19,25-26,34,40-41H,20-24H2/t34-/m0/s1. The number of hydrogen-bond donors (Lipinski definition) is 2. The van der Waals surface area contributed by atoms with Crippen molar-refractivity contribution in [2.24, 2.45) is 0 Å². The van der Waals surface area contributed by atoms with Crippen LogP contribution >= 0.6 is 0 Å². The highest BCUT2D eigenvalue weighted by Crippen LogP contribution is 2.26. The van der Waals surface area contributed by atoms with Crippen molar-refractivity contribution >= 4 is 58.9 Å². The first-order chi connectivity index (χ1) is 24.2. The summed E-state index contributed by atoms with van der Waals surface area (Å²) in [5.41, 5.74) is 2.04. The lowest BCUT2D eigenvalue weighted by atomic mass is 10.0. The Morgan fingerprint density at radius 3 is 1.84 bits per heavy atom. The van der Waals surface area contributed by atoms with E-state index in [1.54, 1.807) is 84.2 Å². The lowest BCUT2D eigenvalue weighted by Crippen LogP contribution is -2.55. The van der Waals surface area contributed by atoms with Gasteiger partial charge in [0.05, 0.1) is 9.79 Å². The van der Waals surface area contributed by atoms with E-state index in [1.807, 2.05) is 30.3 Å². The summed E-state index contributed by atoms with van der Waals surface area (Å²) < 4.78 is 59.9. The van der Waals surface area contributed by atoms with Gasteiger partial charge in [-0.25, -0.2) is 16.8 Å². The molecule has 1 fully saturated rings. The van der Waals surface area contributed by atoms with Crippen LogP contribution in [0.25, 0.3) is 21.5 Å². The predicted octanol–water partition coefficient (Wildman–Crippen LogP) is 4.82. The Bertz CT molecular complexity index is 2370. The average Bonchev–Trinajstić information content (AvgIpc) is 3.14. The Kier molecular flexibility index (Phi) is 9.19. The van der Waals surface area contributed by atoms with Crippen LogP contribution < -0.4 is 14.3 Å². The number of sulfonamides is 2. The van der Waals surface area contributed by atoms with E-state index in [-0.39, 0.29) is 22.1 Å². The second-order valence-corrected chi connectivity index (χ2v) is 15.4. The third kappa shape index (κ3) is 7.01. The van der Waals surface area contributed by atoms with Gasteiger partial charge < -0.3 is 9.80 Å². The molecular formula is C37H34N6O5S2. The van der Waals surface area contributed by atoms with Crippen LogP contribution in [0.4, 0.5) is 11.4 Å². The maximum Gasteiger partial charge on any atom is 0.262 e. The minimum absolute atomic E-state index is 0.0483. The number of hydrogen-bond acceptors (Lipinski definition) is 8. The highest BCUT2D eigenvalue weighted by molar-refractivity contribution is 7.93. The molecule has 1 amide bonds. The molecular weight excluding hydrogens is 673 g/mol. The number of carbonyl (C=O) groups is 1. The third-order valence-electron chi connectivity index (χ3n) is 8.81. The van der Waals surface area contributed by atoms with Gasteiger partial charge in [0.25, 0.3) is 10.0 Å². The Balaban J connectivity index is 1.13. The summed E-state index contributed by atoms with van der Waals surface area (Å²) in [6, 6.07) is 28.6. The number of nitrogens with zero attached hydrogens (tertiary/aromatic N) is 4. The van der Waals surface area contributed by atoms with Crippen LogP contribution in [-0.4, -0.2) is 69.8 Å². The van der Waals surface area contributed by atoms with Crippen molar-refractivity contribution in [3.8, 4) is 0 Å². The van der Waals surface area contributed by atoms with Crippen molar-refractivity contribution in [2.75, 3.05) is 35.8 Å². The van der Waals surface area contributed by atoms with Crippen molar-refractivity contribution in [1.82, 2.24) is 19.6 Å². The Labute approximate surface area is 290 Å². The fourth-order valence-electron chi connectivity index (χ4n) is 6.28. The summed E-state index contributed by atoms with van der Waals surface area (Å²) in [5.74, 6) is -0.335. The van der Waals surface area contributed by atoms with Crippen LogP contribution in [0.2, 0.25) is 0 Å². The molecule has 11 nitrogen and oxygen atoms in total. The number of rotatable bonds is 10. The van der Waals surface area contributed by atoms with Crippen LogP contribution in [0.1, 0.15) is 5.56 Å². The number of carbonyl (C=O) groups excluding carboxylic acids is 1. The first-order valence-electron chi connectivity index (χ1n) is 16.1. The minimum atomic E-state index is -4.16. The molecule has 0 saturated carbocycles. The molecule has 1 aliphatic rings. The van der Waals surface area contributed by atoms with E-state index < -0.39 is 26.1 Å². The molecule has 4 aromatic carbocycles. The molecule has 6 aromatic rings. The lowest BCUT2D eigenvalue weighted by molar-refractivity contribution is -0.133. The molecule has 7 rings (SSSR count). The third-order valence-corrected chi connectivity index (χ3v) is 11.8. The van der Waals surface area contributed by atoms with Gasteiger partial charge in [0, 0.05) is 83.9 Å². The van der Waals surface area contributed by atoms with Crippen LogP contribution in [0.5, 0.6) is 0 Å². The highest BCUT2D eigenvalue weighted by atomic mass is 32.2. The normalized spacial score (nSPS) is 14.5. The summed E-state index contributed by atoms with van der Waals surface area (Å²) >= 11 is 0. The Hall–Kier alpha value is -5.37. The fraction of sp³-hybridized carbons (Fsp3) is 0.162. The molecule has 1 aliphatic heterocycles. The topological polar surface area (TPSA) is 142 Å². The Morgan fingerprint density at radius 1 is 0.660 bits per heavy atom. The number of fused-ring (bicyclic) bond motifs is 2. The summed E-state index contributed by atoms with van der Waals surface area (Å²) in [5, 5.41) is 2.41. The predicted molar refractivity (Wildman–Crippen MR) is 194 cm³/mol. The number of aromatic nitrogens is 2. The zero-order valence-electron chi connectivity index (χ0n) is 26.9. The molecule has 0 unspecified atom stereocenters. The number of para-hydroxylation sites is 1. The molecule has 2 N–H and O–H groups in total. The van der Waals surface area contributed by atoms with Gasteiger partial charge in [0.15, 0.2) is 0 Å². The summed E-state index contributed by atoms with van der Waals surface area (Å²) in [6.45, 7) is 2.06. The van der Waals surface area contributed by atoms with E-state index in [9.17, 15) is 21.6 Å². The molecule has 1 atom stereocenters. The van der Waals surface area contributed by atoms with E-state index in [4.69, 9.17) is 0 Å². The fourth-order valence-corrected chi connectivity index (χ4v) is 8.99. The van der Waals surface area contributed by atoms with Gasteiger partial charge in [-0.2, -0.15) is 4.72 Å². The van der Waals surface area contributed by atoms with Gasteiger partial charge >= 0.3 is 0 Å². The quantitative estimate of drug-likeness (QED) is 0.207. The number of amides is 1. The van der Waals surface area contributed by atoms with Gasteiger partial charge in [0.1, 0.15) is 6.04 Å². The maximum absolute atomic E-state index is 14.1. The molecule has 0 radical (unpaired) electrons. The van der Waals surface area contributed by atoms with Crippen molar-refractivity contribution in [2.45, 2.75) is 22.3 Å². The minimum Gasteiger partial charge on any atom is -0.368 e. The van der Waals surface area contributed by atoms with Crippen molar-refractivity contribution in [3.05, 3.63) is 133 Å². The SMILES string of the molecule is O=C([C@H](Cc1ccc(NS(=O)(=O)c2cccc3cnccc23)cc1)NS(=O)(=O)c1cccc2cnccc12)N1CCN(c2ccccc2)CC1. The monoisotopic (exact) mass is 706 g/mol. The molecule has 0 bridgehead atoms. The van der Waals surface area contributed by atoms with E-state index in [2.05, 4.69) is 24.3 Å². The van der Waals surface area contributed by atoms with Crippen LogP contribution in [-0.2, 0) is 31.3 Å². The largest absolute Gasteiger partial charge is 0.368 e. The van der Waals surface area contributed by atoms with E-state index in [1.165, 1.54) is 18.3 Å². The van der Waals surface area contributed by atoms with Crippen LogP contribution in [0, 0.1) is 0 Å². The summed E-state index contributed by atoms with van der Waals surface area (Å²) in [7, 11) is -8.10. The number of piperazine rings is 1. The zero-order valence-corrected chi connectivity index (χ0v) is 28.5.